The molecule has 2 aromatic rings. The molecule has 2 rings (SSSR count). The molecule has 0 bridgehead atoms. The number of rotatable bonds is 3. The van der Waals surface area contributed by atoms with Crippen molar-refractivity contribution in [3.05, 3.63) is 49.9 Å². The first-order valence-corrected chi connectivity index (χ1v) is 6.59. The molecule has 108 valence electrons. The molecule has 1 aromatic carbocycles. The number of H-pyrrole nitrogens is 1. The van der Waals surface area contributed by atoms with Crippen molar-refractivity contribution >= 4 is 23.7 Å². The molecule has 7 heteroatoms. The number of hydrogen-bond acceptors (Lipinski definition) is 5. The third-order valence-corrected chi connectivity index (χ3v) is 3.34. The van der Waals surface area contributed by atoms with E-state index in [1.54, 1.807) is 26.0 Å². The Morgan fingerprint density at radius 1 is 1.38 bits per heavy atom. The zero-order valence-corrected chi connectivity index (χ0v) is 12.6. The predicted molar refractivity (Wildman–Crippen MR) is 81.0 cm³/mol. The fourth-order valence-corrected chi connectivity index (χ4v) is 2.42. The predicted octanol–water partition coefficient (Wildman–Crippen LogP) is 3.53. The van der Waals surface area contributed by atoms with Crippen molar-refractivity contribution in [1.82, 2.24) is 9.97 Å². The third kappa shape index (κ3) is 2.87. The van der Waals surface area contributed by atoms with Crippen molar-refractivity contribution in [3.63, 3.8) is 0 Å². The van der Waals surface area contributed by atoms with Gasteiger partial charge in [0.2, 0.25) is 0 Å². The molecule has 0 fully saturated rings. The molecule has 1 heterocycles. The van der Waals surface area contributed by atoms with Crippen LogP contribution in [-0.2, 0) is 0 Å². The van der Waals surface area contributed by atoms with Crippen LogP contribution in [0.2, 0.25) is 0 Å². The highest BCUT2D eigenvalue weighted by atomic mass is 32.1. The highest BCUT2D eigenvalue weighted by molar-refractivity contribution is 7.71. The molecular weight excluding hydrogens is 290 g/mol. The molecule has 0 spiro atoms. The van der Waals surface area contributed by atoms with Crippen molar-refractivity contribution < 1.29 is 9.72 Å². The van der Waals surface area contributed by atoms with Crippen molar-refractivity contribution in [3.8, 4) is 11.3 Å². The van der Waals surface area contributed by atoms with Gasteiger partial charge in [-0.15, -0.1) is 0 Å². The zero-order valence-electron chi connectivity index (χ0n) is 11.8. The fourth-order valence-electron chi connectivity index (χ4n) is 2.18. The first-order valence-electron chi connectivity index (χ1n) is 6.18. The number of carbonyl (C=O) groups is 1. The number of benzene rings is 1. The molecular formula is C14H13N3O3S. The van der Waals surface area contributed by atoms with Crippen LogP contribution in [0.5, 0.6) is 0 Å². The standard InChI is InChI=1S/C14H13N3O3S/c1-7-4-5-10(6-11(7)17(19)20)13-12(9(3)18)8(2)15-14(21)16-13/h4-6H,1-3H3,(H,15,16,21). The van der Waals surface area contributed by atoms with Gasteiger partial charge in [-0.2, -0.15) is 0 Å². The largest absolute Gasteiger partial charge is 0.334 e. The van der Waals surface area contributed by atoms with Crippen molar-refractivity contribution in [2.45, 2.75) is 20.8 Å². The Balaban J connectivity index is 2.78. The van der Waals surface area contributed by atoms with E-state index < -0.39 is 4.92 Å². The molecule has 0 unspecified atom stereocenters. The summed E-state index contributed by atoms with van der Waals surface area (Å²) >= 11 is 5.03. The highest BCUT2D eigenvalue weighted by Gasteiger charge is 2.18. The summed E-state index contributed by atoms with van der Waals surface area (Å²) in [6, 6.07) is 4.75. The van der Waals surface area contributed by atoms with Gasteiger partial charge < -0.3 is 4.98 Å². The Kier molecular flexibility index (Phi) is 3.95. The summed E-state index contributed by atoms with van der Waals surface area (Å²) in [6.07, 6.45) is 0. The normalized spacial score (nSPS) is 10.4. The lowest BCUT2D eigenvalue weighted by atomic mass is 10.0. The lowest BCUT2D eigenvalue weighted by Gasteiger charge is -2.09. The van der Waals surface area contributed by atoms with Gasteiger partial charge in [-0.05, 0) is 33.0 Å². The van der Waals surface area contributed by atoms with Gasteiger partial charge in [0.1, 0.15) is 0 Å². The maximum Gasteiger partial charge on any atom is 0.272 e. The second kappa shape index (κ2) is 5.53. The van der Waals surface area contributed by atoms with Crippen molar-refractivity contribution in [2.75, 3.05) is 0 Å². The van der Waals surface area contributed by atoms with E-state index in [1.807, 2.05) is 0 Å². The van der Waals surface area contributed by atoms with Crippen LogP contribution >= 0.6 is 12.2 Å². The molecule has 0 radical (unpaired) electrons. The maximum atomic E-state index is 11.8. The number of ketones is 1. The first-order chi connectivity index (χ1) is 9.81. The van der Waals surface area contributed by atoms with Gasteiger partial charge in [0.15, 0.2) is 10.6 Å². The number of aryl methyl sites for hydroxylation is 2. The average molecular weight is 303 g/mol. The molecule has 1 N–H and O–H groups in total. The van der Waals surface area contributed by atoms with Crippen LogP contribution in [0, 0.1) is 28.7 Å². The Morgan fingerprint density at radius 2 is 2.05 bits per heavy atom. The van der Waals surface area contributed by atoms with Crippen LogP contribution < -0.4 is 0 Å². The van der Waals surface area contributed by atoms with Gasteiger partial charge in [0, 0.05) is 22.9 Å². The van der Waals surface area contributed by atoms with Gasteiger partial charge >= 0.3 is 0 Å². The van der Waals surface area contributed by atoms with Crippen LogP contribution in [-0.4, -0.2) is 20.7 Å². The van der Waals surface area contributed by atoms with Gasteiger partial charge in [-0.25, -0.2) is 4.98 Å². The molecule has 0 amide bonds. The number of aromatic amines is 1. The number of nitro benzene ring substituents is 1. The number of hydrogen-bond donors (Lipinski definition) is 1. The summed E-state index contributed by atoms with van der Waals surface area (Å²) in [4.78, 5) is 29.4. The van der Waals surface area contributed by atoms with E-state index in [2.05, 4.69) is 9.97 Å². The van der Waals surface area contributed by atoms with Gasteiger partial charge in [0.05, 0.1) is 16.2 Å². The van der Waals surface area contributed by atoms with Crippen LogP contribution in [0.3, 0.4) is 0 Å². The van der Waals surface area contributed by atoms with Crippen LogP contribution in [0.15, 0.2) is 18.2 Å². The topological polar surface area (TPSA) is 88.9 Å². The lowest BCUT2D eigenvalue weighted by molar-refractivity contribution is -0.385. The van der Waals surface area contributed by atoms with E-state index in [0.717, 1.165) is 0 Å². The smallest absolute Gasteiger partial charge is 0.272 e. The Morgan fingerprint density at radius 3 is 2.62 bits per heavy atom. The quantitative estimate of drug-likeness (QED) is 0.405. The number of nitro groups is 1. The number of aromatic nitrogens is 2. The van der Waals surface area contributed by atoms with Crippen molar-refractivity contribution in [1.29, 1.82) is 0 Å². The Hall–Kier alpha value is -2.41. The van der Waals surface area contributed by atoms with E-state index in [9.17, 15) is 14.9 Å². The number of nitrogens with zero attached hydrogens (tertiary/aromatic N) is 2. The minimum atomic E-state index is -0.456. The molecule has 21 heavy (non-hydrogen) atoms. The molecule has 0 aliphatic rings. The first kappa shape index (κ1) is 15.0. The summed E-state index contributed by atoms with van der Waals surface area (Å²) in [5.41, 5.74) is 2.39. The summed E-state index contributed by atoms with van der Waals surface area (Å²) in [7, 11) is 0. The van der Waals surface area contributed by atoms with Gasteiger partial charge in [-0.3, -0.25) is 14.9 Å². The van der Waals surface area contributed by atoms with Gasteiger partial charge in [0.25, 0.3) is 5.69 Å². The summed E-state index contributed by atoms with van der Waals surface area (Å²) in [6.45, 7) is 4.80. The number of carbonyl (C=O) groups excluding carboxylic acids is 1. The summed E-state index contributed by atoms with van der Waals surface area (Å²) < 4.78 is 0.232. The van der Waals surface area contributed by atoms with Crippen molar-refractivity contribution in [2.24, 2.45) is 0 Å². The molecule has 0 aliphatic heterocycles. The SMILES string of the molecule is CC(=O)c1c(-c2ccc(C)c([N+](=O)[O-])c2)nc(=S)[nH]c1C. The summed E-state index contributed by atoms with van der Waals surface area (Å²) in [5.74, 6) is -0.176. The van der Waals surface area contributed by atoms with Crippen LogP contribution in [0.25, 0.3) is 11.3 Å². The summed E-state index contributed by atoms with van der Waals surface area (Å²) in [5, 5.41) is 11.0. The molecule has 0 saturated carbocycles. The number of Topliss-reactive ketones (excluding diaryl/α,β-unsaturated/α-hetero) is 1. The zero-order chi connectivity index (χ0) is 15.7. The van der Waals surface area contributed by atoms with Crippen LogP contribution in [0.1, 0.15) is 28.5 Å². The van der Waals surface area contributed by atoms with E-state index in [4.69, 9.17) is 12.2 Å². The van der Waals surface area contributed by atoms with E-state index in [-0.39, 0.29) is 16.2 Å². The highest BCUT2D eigenvalue weighted by Crippen LogP contribution is 2.28. The molecule has 1 aromatic heterocycles. The van der Waals surface area contributed by atoms with Crippen LogP contribution in [0.4, 0.5) is 5.69 Å². The second-order valence-corrected chi connectivity index (χ2v) is 5.09. The van der Waals surface area contributed by atoms with E-state index >= 15 is 0 Å². The average Bonchev–Trinajstić information content (AvgIpc) is 2.37. The maximum absolute atomic E-state index is 11.8. The Bertz CT molecular complexity index is 812. The minimum absolute atomic E-state index is 0.0137. The Labute approximate surface area is 126 Å². The molecule has 0 atom stereocenters. The lowest BCUT2D eigenvalue weighted by Crippen LogP contribution is -2.05. The monoisotopic (exact) mass is 303 g/mol. The minimum Gasteiger partial charge on any atom is -0.334 e. The van der Waals surface area contributed by atoms with E-state index in [1.165, 1.54) is 13.0 Å². The molecule has 0 saturated heterocycles. The molecule has 6 nitrogen and oxygen atoms in total. The molecule has 0 aliphatic carbocycles. The fraction of sp³-hybridized carbons (Fsp3) is 0.214. The third-order valence-electron chi connectivity index (χ3n) is 3.15. The second-order valence-electron chi connectivity index (χ2n) is 4.71. The van der Waals surface area contributed by atoms with E-state index in [0.29, 0.717) is 28.1 Å². The number of nitrogens with one attached hydrogen (secondary N) is 1. The van der Waals surface area contributed by atoms with Gasteiger partial charge in [-0.1, -0.05) is 12.1 Å².